The van der Waals surface area contributed by atoms with Gasteiger partial charge in [-0.1, -0.05) is 41.9 Å². The van der Waals surface area contributed by atoms with Crippen LogP contribution in [0.3, 0.4) is 0 Å². The number of nitrogens with two attached hydrogens (primary N) is 1. The highest BCUT2D eigenvalue weighted by atomic mass is 35.5. The summed E-state index contributed by atoms with van der Waals surface area (Å²) in [6.45, 7) is 5.01. The van der Waals surface area contributed by atoms with E-state index in [1.54, 1.807) is 0 Å². The number of aryl methyl sites for hydroxylation is 2. The Morgan fingerprint density at radius 1 is 0.900 bits per heavy atom. The monoisotopic (exact) mass is 287 g/mol. The molecular weight excluding hydrogens is 266 g/mol. The highest BCUT2D eigenvalue weighted by molar-refractivity contribution is 6.30. The average molecular weight is 288 g/mol. The first-order valence-corrected chi connectivity index (χ1v) is 7.47. The van der Waals surface area contributed by atoms with Gasteiger partial charge < -0.3 is 5.73 Å². The number of rotatable bonds is 5. The molecule has 0 amide bonds. The highest BCUT2D eigenvalue weighted by Gasteiger charge is 2.10. The van der Waals surface area contributed by atoms with E-state index in [4.69, 9.17) is 17.3 Å². The van der Waals surface area contributed by atoms with Crippen molar-refractivity contribution in [2.45, 2.75) is 26.7 Å². The van der Waals surface area contributed by atoms with Gasteiger partial charge in [0.25, 0.3) is 0 Å². The minimum absolute atomic E-state index is 0.471. The molecule has 0 aliphatic rings. The van der Waals surface area contributed by atoms with Crippen LogP contribution in [0.4, 0.5) is 0 Å². The van der Waals surface area contributed by atoms with Crippen molar-refractivity contribution < 1.29 is 0 Å². The molecule has 0 fully saturated rings. The van der Waals surface area contributed by atoms with Crippen molar-refractivity contribution >= 4 is 11.6 Å². The molecule has 2 N–H and O–H groups in total. The van der Waals surface area contributed by atoms with E-state index in [9.17, 15) is 0 Å². The van der Waals surface area contributed by atoms with Gasteiger partial charge in [0.1, 0.15) is 0 Å². The van der Waals surface area contributed by atoms with Crippen molar-refractivity contribution in [3.05, 3.63) is 69.7 Å². The summed E-state index contributed by atoms with van der Waals surface area (Å²) in [5.41, 5.74) is 11.3. The molecule has 0 heterocycles. The summed E-state index contributed by atoms with van der Waals surface area (Å²) in [6, 6.07) is 14.8. The van der Waals surface area contributed by atoms with Gasteiger partial charge in [0.2, 0.25) is 0 Å². The molecule has 0 saturated carbocycles. The molecule has 0 aliphatic carbocycles. The number of halogens is 1. The maximum atomic E-state index is 5.94. The van der Waals surface area contributed by atoms with Gasteiger partial charge in [-0.3, -0.25) is 0 Å². The van der Waals surface area contributed by atoms with Crippen molar-refractivity contribution in [3.8, 4) is 0 Å². The summed E-state index contributed by atoms with van der Waals surface area (Å²) in [4.78, 5) is 0. The van der Waals surface area contributed by atoms with E-state index in [2.05, 4.69) is 44.2 Å². The zero-order valence-electron chi connectivity index (χ0n) is 12.2. The Morgan fingerprint density at radius 3 is 2.10 bits per heavy atom. The second-order valence-corrected chi connectivity index (χ2v) is 5.99. The molecule has 0 aromatic heterocycles. The Morgan fingerprint density at radius 2 is 1.50 bits per heavy atom. The van der Waals surface area contributed by atoms with Crippen LogP contribution in [0, 0.1) is 19.8 Å². The van der Waals surface area contributed by atoms with Crippen LogP contribution in [-0.2, 0) is 12.8 Å². The number of hydrogen-bond acceptors (Lipinski definition) is 1. The molecule has 0 aliphatic heterocycles. The molecule has 106 valence electrons. The largest absolute Gasteiger partial charge is 0.330 e. The van der Waals surface area contributed by atoms with Crippen LogP contribution < -0.4 is 5.73 Å². The predicted octanol–water partition coefficient (Wildman–Crippen LogP) is 4.32. The fourth-order valence-corrected chi connectivity index (χ4v) is 2.58. The average Bonchev–Trinajstić information content (AvgIpc) is 2.44. The zero-order valence-corrected chi connectivity index (χ0v) is 13.0. The normalized spacial score (nSPS) is 12.4. The smallest absolute Gasteiger partial charge is 0.0406 e. The van der Waals surface area contributed by atoms with Gasteiger partial charge in [0.05, 0.1) is 0 Å². The first kappa shape index (κ1) is 15.1. The first-order valence-electron chi connectivity index (χ1n) is 7.09. The van der Waals surface area contributed by atoms with E-state index in [-0.39, 0.29) is 0 Å². The van der Waals surface area contributed by atoms with Crippen LogP contribution >= 0.6 is 11.6 Å². The van der Waals surface area contributed by atoms with E-state index < -0.39 is 0 Å². The van der Waals surface area contributed by atoms with Gasteiger partial charge in [0.15, 0.2) is 0 Å². The Kier molecular flexibility index (Phi) is 5.22. The van der Waals surface area contributed by atoms with Crippen molar-refractivity contribution in [2.75, 3.05) is 6.54 Å². The summed E-state index contributed by atoms with van der Waals surface area (Å²) >= 11 is 5.92. The molecule has 2 rings (SSSR count). The lowest BCUT2D eigenvalue weighted by molar-refractivity contribution is 0.533. The lowest BCUT2D eigenvalue weighted by Crippen LogP contribution is -2.19. The second-order valence-electron chi connectivity index (χ2n) is 5.56. The lowest BCUT2D eigenvalue weighted by Gasteiger charge is -2.16. The molecule has 1 unspecified atom stereocenters. The van der Waals surface area contributed by atoms with Crippen molar-refractivity contribution in [3.63, 3.8) is 0 Å². The van der Waals surface area contributed by atoms with Gasteiger partial charge in [-0.2, -0.15) is 0 Å². The predicted molar refractivity (Wildman–Crippen MR) is 87.3 cm³/mol. The highest BCUT2D eigenvalue weighted by Crippen LogP contribution is 2.18. The first-order chi connectivity index (χ1) is 9.58. The van der Waals surface area contributed by atoms with Crippen LogP contribution in [0.25, 0.3) is 0 Å². The summed E-state index contributed by atoms with van der Waals surface area (Å²) < 4.78 is 0. The Bertz CT molecular complexity index is 560. The SMILES string of the molecule is Cc1ccc(CC(CN)Cc2ccc(Cl)cc2)cc1C. The van der Waals surface area contributed by atoms with Crippen LogP contribution in [0.15, 0.2) is 42.5 Å². The molecule has 0 saturated heterocycles. The van der Waals surface area contributed by atoms with Crippen molar-refractivity contribution in [1.82, 2.24) is 0 Å². The molecule has 2 heteroatoms. The van der Waals surface area contributed by atoms with E-state index >= 15 is 0 Å². The number of benzene rings is 2. The minimum atomic E-state index is 0.471. The maximum absolute atomic E-state index is 5.94. The summed E-state index contributed by atoms with van der Waals surface area (Å²) in [5.74, 6) is 0.471. The maximum Gasteiger partial charge on any atom is 0.0406 e. The van der Waals surface area contributed by atoms with Crippen LogP contribution in [0.2, 0.25) is 5.02 Å². The fourth-order valence-electron chi connectivity index (χ4n) is 2.46. The van der Waals surface area contributed by atoms with E-state index in [0.717, 1.165) is 17.9 Å². The van der Waals surface area contributed by atoms with Crippen LogP contribution in [-0.4, -0.2) is 6.54 Å². The summed E-state index contributed by atoms with van der Waals surface area (Å²) in [5, 5.41) is 0.784. The molecule has 20 heavy (non-hydrogen) atoms. The van der Waals surface area contributed by atoms with Gasteiger partial charge in [-0.15, -0.1) is 0 Å². The molecule has 2 aromatic carbocycles. The van der Waals surface area contributed by atoms with Gasteiger partial charge in [-0.05, 0) is 73.5 Å². The molecule has 2 aromatic rings. The minimum Gasteiger partial charge on any atom is -0.330 e. The lowest BCUT2D eigenvalue weighted by atomic mass is 9.91. The molecule has 0 spiro atoms. The van der Waals surface area contributed by atoms with E-state index in [1.165, 1.54) is 22.3 Å². The molecule has 1 nitrogen and oxygen atoms in total. The Labute approximate surface area is 126 Å². The van der Waals surface area contributed by atoms with E-state index in [0.29, 0.717) is 12.5 Å². The van der Waals surface area contributed by atoms with Crippen molar-refractivity contribution in [1.29, 1.82) is 0 Å². The summed E-state index contributed by atoms with van der Waals surface area (Å²) in [7, 11) is 0. The fraction of sp³-hybridized carbons (Fsp3) is 0.333. The topological polar surface area (TPSA) is 26.0 Å². The quantitative estimate of drug-likeness (QED) is 0.871. The molecular formula is C18H22ClN. The van der Waals surface area contributed by atoms with Gasteiger partial charge >= 0.3 is 0 Å². The third-order valence-electron chi connectivity index (χ3n) is 3.87. The molecule has 0 bridgehead atoms. The van der Waals surface area contributed by atoms with Crippen molar-refractivity contribution in [2.24, 2.45) is 11.7 Å². The van der Waals surface area contributed by atoms with Crippen LogP contribution in [0.5, 0.6) is 0 Å². The zero-order chi connectivity index (χ0) is 14.5. The standard InChI is InChI=1S/C18H22ClN/c1-13-3-4-16(9-14(13)2)11-17(12-20)10-15-5-7-18(19)8-6-15/h3-9,17H,10-12,20H2,1-2H3. The van der Waals surface area contributed by atoms with Gasteiger partial charge in [-0.25, -0.2) is 0 Å². The Balaban J connectivity index is 2.04. The van der Waals surface area contributed by atoms with E-state index in [1.807, 2.05) is 12.1 Å². The second kappa shape index (κ2) is 6.92. The summed E-state index contributed by atoms with van der Waals surface area (Å²) in [6.07, 6.45) is 2.03. The molecule has 0 radical (unpaired) electrons. The third kappa shape index (κ3) is 4.09. The Hall–Kier alpha value is -1.31. The number of hydrogen-bond donors (Lipinski definition) is 1. The molecule has 1 atom stereocenters. The van der Waals surface area contributed by atoms with Crippen LogP contribution in [0.1, 0.15) is 22.3 Å². The third-order valence-corrected chi connectivity index (χ3v) is 4.12. The van der Waals surface area contributed by atoms with Gasteiger partial charge in [0, 0.05) is 5.02 Å².